The summed E-state index contributed by atoms with van der Waals surface area (Å²) in [6.07, 6.45) is 16.6. The molecule has 0 spiro atoms. The predicted molar refractivity (Wildman–Crippen MR) is 106 cm³/mol. The van der Waals surface area contributed by atoms with E-state index < -0.39 is 0 Å². The highest BCUT2D eigenvalue weighted by molar-refractivity contribution is 5.49. The van der Waals surface area contributed by atoms with Gasteiger partial charge in [-0.2, -0.15) is 0 Å². The highest BCUT2D eigenvalue weighted by Gasteiger charge is 2.61. The second-order valence-corrected chi connectivity index (χ2v) is 10.7. The Morgan fingerprint density at radius 2 is 1.88 bits per heavy atom. The highest BCUT2D eigenvalue weighted by atomic mass is 16.3. The van der Waals surface area contributed by atoms with Gasteiger partial charge in [0, 0.05) is 13.0 Å². The summed E-state index contributed by atoms with van der Waals surface area (Å²) >= 11 is 0. The molecule has 0 aromatic carbocycles. The largest absolute Gasteiger partial charge is 0.396 e. The van der Waals surface area contributed by atoms with Crippen molar-refractivity contribution in [2.45, 2.75) is 90.9 Å². The van der Waals surface area contributed by atoms with Gasteiger partial charge in [0.15, 0.2) is 0 Å². The topological polar surface area (TPSA) is 37.3 Å². The van der Waals surface area contributed by atoms with Gasteiger partial charge in [0.25, 0.3) is 0 Å². The molecular formula is C24H40O2. The van der Waals surface area contributed by atoms with Crippen LogP contribution in [-0.4, -0.2) is 18.0 Å². The van der Waals surface area contributed by atoms with Crippen molar-refractivity contribution in [1.29, 1.82) is 0 Å². The Bertz CT molecular complexity index is 516. The lowest BCUT2D eigenvalue weighted by molar-refractivity contribution is -0.141. The van der Waals surface area contributed by atoms with Crippen molar-refractivity contribution >= 4 is 6.29 Å². The Kier molecular flexibility index (Phi) is 5.27. The van der Waals surface area contributed by atoms with Gasteiger partial charge in [-0.25, -0.2) is 0 Å². The van der Waals surface area contributed by atoms with Crippen LogP contribution in [0.4, 0.5) is 0 Å². The van der Waals surface area contributed by atoms with Crippen LogP contribution in [0.3, 0.4) is 0 Å². The molecular weight excluding hydrogens is 320 g/mol. The average molecular weight is 361 g/mol. The molecule has 2 nitrogen and oxygen atoms in total. The lowest BCUT2D eigenvalue weighted by Gasteiger charge is -2.61. The van der Waals surface area contributed by atoms with Crippen LogP contribution in [0.2, 0.25) is 0 Å². The van der Waals surface area contributed by atoms with E-state index in [1.165, 1.54) is 64.2 Å². The molecule has 0 aromatic heterocycles. The van der Waals surface area contributed by atoms with E-state index in [0.29, 0.717) is 17.9 Å². The minimum absolute atomic E-state index is 0.268. The first-order valence-electron chi connectivity index (χ1n) is 11.6. The van der Waals surface area contributed by atoms with E-state index in [1.807, 2.05) is 0 Å². The van der Waals surface area contributed by atoms with Crippen molar-refractivity contribution in [3.63, 3.8) is 0 Å². The first-order valence-corrected chi connectivity index (χ1v) is 11.6. The van der Waals surface area contributed by atoms with Gasteiger partial charge in [-0.1, -0.05) is 26.7 Å². The highest BCUT2D eigenvalue weighted by Crippen LogP contribution is 2.68. The number of carbonyl (C=O) groups is 1. The monoisotopic (exact) mass is 360 g/mol. The van der Waals surface area contributed by atoms with Crippen LogP contribution in [0.25, 0.3) is 0 Å². The second kappa shape index (κ2) is 7.22. The Labute approximate surface area is 160 Å². The molecule has 4 saturated carbocycles. The van der Waals surface area contributed by atoms with Crippen molar-refractivity contribution in [1.82, 2.24) is 0 Å². The smallest absolute Gasteiger partial charge is 0.120 e. The third kappa shape index (κ3) is 2.73. The van der Waals surface area contributed by atoms with Crippen molar-refractivity contribution in [2.75, 3.05) is 6.61 Å². The maximum atomic E-state index is 10.9. The SMILES string of the molecule is C[C@H](CCC=O)[C@H]1CC[C@H]2[C@@H]3CCC4CCCC[C@]4(CO)[C@H]3CC[C@]12C. The zero-order valence-electron chi connectivity index (χ0n) is 17.1. The van der Waals surface area contributed by atoms with Gasteiger partial charge >= 0.3 is 0 Å². The fraction of sp³-hybridized carbons (Fsp3) is 0.958. The van der Waals surface area contributed by atoms with Crippen LogP contribution in [-0.2, 0) is 4.79 Å². The number of fused-ring (bicyclic) bond motifs is 5. The molecule has 0 radical (unpaired) electrons. The molecule has 0 amide bonds. The van der Waals surface area contributed by atoms with E-state index in [9.17, 15) is 9.90 Å². The van der Waals surface area contributed by atoms with Gasteiger partial charge in [0.05, 0.1) is 0 Å². The maximum absolute atomic E-state index is 10.9. The second-order valence-electron chi connectivity index (χ2n) is 10.7. The standard InChI is InChI=1S/C24H40O2/c1-17(6-5-15-25)20-10-11-21-19-9-8-18-7-3-4-13-24(18,16-26)22(19)12-14-23(20,21)2/h15,17-22,26H,3-14,16H2,1-2H3/t17-,18?,19+,20-,21+,22+,23-,24-/m1/s1. The number of aliphatic hydroxyl groups excluding tert-OH is 1. The summed E-state index contributed by atoms with van der Waals surface area (Å²) in [5.41, 5.74) is 0.755. The van der Waals surface area contributed by atoms with Crippen LogP contribution in [0.5, 0.6) is 0 Å². The normalized spacial score (nSPS) is 49.0. The van der Waals surface area contributed by atoms with E-state index in [-0.39, 0.29) is 5.41 Å². The summed E-state index contributed by atoms with van der Waals surface area (Å²) in [4.78, 5) is 10.9. The fourth-order valence-corrected chi connectivity index (χ4v) is 8.89. The lowest BCUT2D eigenvalue weighted by Crippen LogP contribution is -2.55. The van der Waals surface area contributed by atoms with Gasteiger partial charge in [-0.05, 0) is 104 Å². The molecule has 0 saturated heterocycles. The zero-order valence-corrected chi connectivity index (χ0v) is 17.1. The van der Waals surface area contributed by atoms with E-state index in [2.05, 4.69) is 13.8 Å². The molecule has 148 valence electrons. The average Bonchev–Trinajstić information content (AvgIpc) is 3.03. The molecule has 4 rings (SSSR count). The van der Waals surface area contributed by atoms with Crippen LogP contribution in [0.1, 0.15) is 90.9 Å². The summed E-state index contributed by atoms with van der Waals surface area (Å²) in [7, 11) is 0. The molecule has 26 heavy (non-hydrogen) atoms. The lowest BCUT2D eigenvalue weighted by atomic mass is 9.44. The Balaban J connectivity index is 1.56. The molecule has 2 heteroatoms. The van der Waals surface area contributed by atoms with E-state index in [1.54, 1.807) is 0 Å². The number of aliphatic hydroxyl groups is 1. The molecule has 4 fully saturated rings. The molecule has 0 bridgehead atoms. The predicted octanol–water partition coefficient (Wildman–Crippen LogP) is 5.62. The van der Waals surface area contributed by atoms with Gasteiger partial charge in [0.2, 0.25) is 0 Å². The summed E-state index contributed by atoms with van der Waals surface area (Å²) < 4.78 is 0. The number of carbonyl (C=O) groups excluding carboxylic acids is 1. The molecule has 0 heterocycles. The van der Waals surface area contributed by atoms with Crippen molar-refractivity contribution < 1.29 is 9.90 Å². The quantitative estimate of drug-likeness (QED) is 0.646. The summed E-state index contributed by atoms with van der Waals surface area (Å²) in [5.74, 6) is 4.81. The van der Waals surface area contributed by atoms with Crippen LogP contribution in [0, 0.1) is 46.3 Å². The number of rotatable bonds is 5. The van der Waals surface area contributed by atoms with Crippen molar-refractivity contribution in [3.8, 4) is 0 Å². The summed E-state index contributed by atoms with van der Waals surface area (Å²) in [5, 5.41) is 10.5. The first-order chi connectivity index (χ1) is 12.6. The molecule has 8 atom stereocenters. The van der Waals surface area contributed by atoms with E-state index >= 15 is 0 Å². The van der Waals surface area contributed by atoms with E-state index in [4.69, 9.17) is 0 Å². The minimum Gasteiger partial charge on any atom is -0.396 e. The van der Waals surface area contributed by atoms with Gasteiger partial charge in [-0.3, -0.25) is 0 Å². The molecule has 4 aliphatic rings. The number of hydrogen-bond donors (Lipinski definition) is 1. The Morgan fingerprint density at radius 3 is 2.65 bits per heavy atom. The zero-order chi connectivity index (χ0) is 18.4. The third-order valence-corrected chi connectivity index (χ3v) is 10.1. The molecule has 1 unspecified atom stereocenters. The molecule has 0 aromatic rings. The van der Waals surface area contributed by atoms with E-state index in [0.717, 1.165) is 48.7 Å². The Hall–Kier alpha value is -0.370. The first kappa shape index (κ1) is 19.0. The van der Waals surface area contributed by atoms with Gasteiger partial charge in [0.1, 0.15) is 6.29 Å². The maximum Gasteiger partial charge on any atom is 0.120 e. The van der Waals surface area contributed by atoms with Crippen LogP contribution in [0.15, 0.2) is 0 Å². The van der Waals surface area contributed by atoms with Crippen LogP contribution < -0.4 is 0 Å². The van der Waals surface area contributed by atoms with Crippen molar-refractivity contribution in [3.05, 3.63) is 0 Å². The molecule has 4 aliphatic carbocycles. The van der Waals surface area contributed by atoms with Crippen molar-refractivity contribution in [2.24, 2.45) is 46.3 Å². The Morgan fingerprint density at radius 1 is 1.04 bits per heavy atom. The van der Waals surface area contributed by atoms with Gasteiger partial charge < -0.3 is 9.90 Å². The summed E-state index contributed by atoms with van der Waals surface area (Å²) in [6, 6.07) is 0. The third-order valence-electron chi connectivity index (χ3n) is 10.1. The summed E-state index contributed by atoms with van der Waals surface area (Å²) in [6.45, 7) is 5.45. The van der Waals surface area contributed by atoms with Crippen LogP contribution >= 0.6 is 0 Å². The molecule has 0 aliphatic heterocycles. The minimum atomic E-state index is 0.268. The number of aldehydes is 1. The molecule has 1 N–H and O–H groups in total. The van der Waals surface area contributed by atoms with Gasteiger partial charge in [-0.15, -0.1) is 0 Å². The number of hydrogen-bond acceptors (Lipinski definition) is 2. The fourth-order valence-electron chi connectivity index (χ4n) is 8.89.